The van der Waals surface area contributed by atoms with Crippen molar-refractivity contribution >= 4 is 39.2 Å². The van der Waals surface area contributed by atoms with E-state index >= 15 is 0 Å². The average Bonchev–Trinajstić information content (AvgIpc) is 2.45. The van der Waals surface area contributed by atoms with Gasteiger partial charge in [-0.15, -0.1) is 0 Å². The van der Waals surface area contributed by atoms with Crippen LogP contribution in [0.15, 0.2) is 46.9 Å². The Labute approximate surface area is 137 Å². The molecule has 0 saturated carbocycles. The van der Waals surface area contributed by atoms with Crippen LogP contribution in [0.25, 0.3) is 0 Å². The van der Waals surface area contributed by atoms with Crippen LogP contribution in [-0.4, -0.2) is 18.1 Å². The predicted octanol–water partition coefficient (Wildman–Crippen LogP) is 5.00. The van der Waals surface area contributed by atoms with Crippen LogP contribution in [0.1, 0.15) is 28.9 Å². The Hall–Kier alpha value is -1.52. The highest BCUT2D eigenvalue weighted by Gasteiger charge is 2.20. The summed E-state index contributed by atoms with van der Waals surface area (Å²) >= 11 is 9.33. The van der Waals surface area contributed by atoms with Gasteiger partial charge in [-0.2, -0.15) is 0 Å². The smallest absolute Gasteiger partial charge is 0.338 e. The van der Waals surface area contributed by atoms with E-state index in [0.717, 1.165) is 5.56 Å². The molecule has 0 aliphatic heterocycles. The van der Waals surface area contributed by atoms with Crippen molar-refractivity contribution in [3.63, 3.8) is 0 Å². The van der Waals surface area contributed by atoms with Gasteiger partial charge in [0.2, 0.25) is 0 Å². The second-order valence-corrected chi connectivity index (χ2v) is 6.07. The lowest BCUT2D eigenvalue weighted by atomic mass is 10.1. The van der Waals surface area contributed by atoms with Crippen molar-refractivity contribution in [1.82, 2.24) is 0 Å². The highest BCUT2D eigenvalue weighted by atomic mass is 79.9. The molecule has 0 aliphatic rings. The summed E-state index contributed by atoms with van der Waals surface area (Å²) in [6.45, 7) is 2.01. The van der Waals surface area contributed by atoms with Gasteiger partial charge in [-0.1, -0.05) is 29.8 Å². The molecule has 1 unspecified atom stereocenters. The molecule has 0 amide bonds. The van der Waals surface area contributed by atoms with Crippen molar-refractivity contribution in [3.05, 3.63) is 63.1 Å². The van der Waals surface area contributed by atoms with E-state index in [4.69, 9.17) is 11.6 Å². The zero-order chi connectivity index (χ0) is 15.6. The number of anilines is 1. The van der Waals surface area contributed by atoms with Crippen LogP contribution in [0.2, 0.25) is 5.02 Å². The number of rotatable bonds is 4. The number of nitrogens with zero attached hydrogens (tertiary/aromatic N) is 1. The van der Waals surface area contributed by atoms with E-state index in [1.807, 2.05) is 49.2 Å². The minimum Gasteiger partial charge on any atom is -0.478 e. The van der Waals surface area contributed by atoms with Crippen LogP contribution in [0.3, 0.4) is 0 Å². The van der Waals surface area contributed by atoms with E-state index in [1.165, 1.54) is 0 Å². The number of hydrogen-bond acceptors (Lipinski definition) is 2. The average molecular weight is 369 g/mol. The van der Waals surface area contributed by atoms with Gasteiger partial charge in [-0.25, -0.2) is 4.79 Å². The molecule has 21 heavy (non-hydrogen) atoms. The molecule has 3 nitrogen and oxygen atoms in total. The summed E-state index contributed by atoms with van der Waals surface area (Å²) in [6.07, 6.45) is 0. The van der Waals surface area contributed by atoms with E-state index in [9.17, 15) is 9.90 Å². The van der Waals surface area contributed by atoms with Gasteiger partial charge in [0, 0.05) is 16.5 Å². The van der Waals surface area contributed by atoms with E-state index in [-0.39, 0.29) is 11.6 Å². The summed E-state index contributed by atoms with van der Waals surface area (Å²) in [5.74, 6) is -0.956. The number of benzene rings is 2. The summed E-state index contributed by atoms with van der Waals surface area (Å²) in [4.78, 5) is 13.4. The first-order valence-corrected chi connectivity index (χ1v) is 7.59. The van der Waals surface area contributed by atoms with Crippen molar-refractivity contribution in [1.29, 1.82) is 0 Å². The van der Waals surface area contributed by atoms with Crippen molar-refractivity contribution in [3.8, 4) is 0 Å². The van der Waals surface area contributed by atoms with Crippen LogP contribution >= 0.6 is 27.5 Å². The molecule has 0 aliphatic carbocycles. The number of carboxylic acid groups (broad SMARTS) is 1. The number of carbonyl (C=O) groups is 1. The largest absolute Gasteiger partial charge is 0.478 e. The first-order valence-electron chi connectivity index (χ1n) is 6.42. The molecule has 110 valence electrons. The first kappa shape index (κ1) is 15.9. The molecule has 0 bridgehead atoms. The van der Waals surface area contributed by atoms with Crippen LogP contribution in [-0.2, 0) is 0 Å². The summed E-state index contributed by atoms with van der Waals surface area (Å²) in [5, 5.41) is 10.1. The van der Waals surface area contributed by atoms with E-state index in [1.54, 1.807) is 12.1 Å². The third kappa shape index (κ3) is 3.39. The Balaban J connectivity index is 2.43. The summed E-state index contributed by atoms with van der Waals surface area (Å²) in [6, 6.07) is 12.9. The van der Waals surface area contributed by atoms with Gasteiger partial charge in [0.1, 0.15) is 0 Å². The molecule has 0 heterocycles. The predicted molar refractivity (Wildman–Crippen MR) is 89.4 cm³/mol. The van der Waals surface area contributed by atoms with Gasteiger partial charge in [0.25, 0.3) is 0 Å². The molecule has 0 aromatic heterocycles. The molecule has 2 aromatic carbocycles. The first-order chi connectivity index (χ1) is 9.91. The van der Waals surface area contributed by atoms with Gasteiger partial charge in [-0.05, 0) is 52.7 Å². The quantitative estimate of drug-likeness (QED) is 0.825. The number of hydrogen-bond donors (Lipinski definition) is 1. The fourth-order valence-electron chi connectivity index (χ4n) is 2.22. The van der Waals surface area contributed by atoms with Gasteiger partial charge in [-0.3, -0.25) is 0 Å². The molecular weight excluding hydrogens is 354 g/mol. The molecular formula is C16H15BrClNO2. The summed E-state index contributed by atoms with van der Waals surface area (Å²) < 4.78 is 0.567. The standard InChI is InChI=1S/C16H15BrClNO2/c1-10(11-5-3-6-12(18)9-11)19(2)14-8-4-7-13(17)15(14)16(20)21/h3-10H,1-2H3,(H,20,21). The van der Waals surface area contributed by atoms with Crippen molar-refractivity contribution in [2.75, 3.05) is 11.9 Å². The minimum atomic E-state index is -0.956. The van der Waals surface area contributed by atoms with Crippen molar-refractivity contribution in [2.45, 2.75) is 13.0 Å². The minimum absolute atomic E-state index is 0.00361. The lowest BCUT2D eigenvalue weighted by Gasteiger charge is -2.29. The van der Waals surface area contributed by atoms with Crippen LogP contribution in [0.5, 0.6) is 0 Å². The van der Waals surface area contributed by atoms with E-state index < -0.39 is 5.97 Å². The Kier molecular flexibility index (Phi) is 4.91. The molecule has 0 fully saturated rings. The Morgan fingerprint density at radius 1 is 1.29 bits per heavy atom. The van der Waals surface area contributed by atoms with Crippen molar-refractivity contribution in [2.24, 2.45) is 0 Å². The topological polar surface area (TPSA) is 40.5 Å². The van der Waals surface area contributed by atoms with Crippen LogP contribution < -0.4 is 4.90 Å². The number of aromatic carboxylic acids is 1. The molecule has 1 atom stereocenters. The molecule has 1 N–H and O–H groups in total. The van der Waals surface area contributed by atoms with Crippen LogP contribution in [0.4, 0.5) is 5.69 Å². The number of carboxylic acids is 1. The Morgan fingerprint density at radius 3 is 2.57 bits per heavy atom. The van der Waals surface area contributed by atoms with E-state index in [0.29, 0.717) is 15.2 Å². The molecule has 0 radical (unpaired) electrons. The zero-order valence-electron chi connectivity index (χ0n) is 11.7. The maximum absolute atomic E-state index is 11.5. The number of halogens is 2. The molecule has 2 aromatic rings. The fourth-order valence-corrected chi connectivity index (χ4v) is 2.94. The maximum Gasteiger partial charge on any atom is 0.338 e. The van der Waals surface area contributed by atoms with Gasteiger partial charge in [0.05, 0.1) is 17.3 Å². The fraction of sp³-hybridized carbons (Fsp3) is 0.188. The SMILES string of the molecule is CC(c1cccc(Cl)c1)N(C)c1cccc(Br)c1C(=O)O. The summed E-state index contributed by atoms with van der Waals surface area (Å²) in [7, 11) is 1.87. The monoisotopic (exact) mass is 367 g/mol. The highest BCUT2D eigenvalue weighted by molar-refractivity contribution is 9.10. The van der Waals surface area contributed by atoms with Crippen molar-refractivity contribution < 1.29 is 9.90 Å². The lowest BCUT2D eigenvalue weighted by molar-refractivity contribution is 0.0696. The highest BCUT2D eigenvalue weighted by Crippen LogP contribution is 2.32. The third-order valence-electron chi connectivity index (χ3n) is 3.50. The normalized spacial score (nSPS) is 12.0. The Morgan fingerprint density at radius 2 is 1.95 bits per heavy atom. The third-order valence-corrected chi connectivity index (χ3v) is 4.39. The van der Waals surface area contributed by atoms with E-state index in [2.05, 4.69) is 15.9 Å². The lowest BCUT2D eigenvalue weighted by Crippen LogP contribution is -2.24. The van der Waals surface area contributed by atoms with Gasteiger partial charge >= 0.3 is 5.97 Å². The second kappa shape index (κ2) is 6.50. The summed E-state index contributed by atoms with van der Waals surface area (Å²) in [5.41, 5.74) is 1.94. The molecule has 5 heteroatoms. The second-order valence-electron chi connectivity index (χ2n) is 4.78. The van der Waals surface area contributed by atoms with Crippen LogP contribution in [0, 0.1) is 0 Å². The Bertz CT molecular complexity index is 675. The maximum atomic E-state index is 11.5. The molecule has 0 spiro atoms. The molecule has 0 saturated heterocycles. The zero-order valence-corrected chi connectivity index (χ0v) is 14.0. The molecule has 2 rings (SSSR count). The van der Waals surface area contributed by atoms with Gasteiger partial charge in [0.15, 0.2) is 0 Å². The van der Waals surface area contributed by atoms with Gasteiger partial charge < -0.3 is 10.0 Å².